The van der Waals surface area contributed by atoms with Crippen LogP contribution in [-0.4, -0.2) is 28.8 Å². The van der Waals surface area contributed by atoms with Crippen molar-refractivity contribution in [2.24, 2.45) is 0 Å². The van der Waals surface area contributed by atoms with Crippen LogP contribution in [-0.2, 0) is 9.53 Å². The second-order valence-electron chi connectivity index (χ2n) is 4.28. The Kier molecular flexibility index (Phi) is 5.37. The standard InChI is InChI=1S/C11H17NO4/c1-5-6-7-8(9(13)14)12-10(15)16-11(2,3)4/h1,8H,6-7H2,2-4H3,(H,12,15)(H,13,14)/t8-/m0/s1. The second kappa shape index (κ2) is 6.01. The molecule has 16 heavy (non-hydrogen) atoms. The van der Waals surface area contributed by atoms with Crippen LogP contribution in [0.25, 0.3) is 0 Å². The number of hydrogen-bond donors (Lipinski definition) is 2. The quantitative estimate of drug-likeness (QED) is 0.711. The summed E-state index contributed by atoms with van der Waals surface area (Å²) < 4.78 is 4.93. The molecule has 0 aromatic rings. The van der Waals surface area contributed by atoms with E-state index in [4.69, 9.17) is 16.3 Å². The van der Waals surface area contributed by atoms with Gasteiger partial charge < -0.3 is 15.2 Å². The van der Waals surface area contributed by atoms with Crippen LogP contribution in [0.3, 0.4) is 0 Å². The highest BCUT2D eigenvalue weighted by Crippen LogP contribution is 2.07. The van der Waals surface area contributed by atoms with Gasteiger partial charge in [0.2, 0.25) is 0 Å². The Bertz CT molecular complexity index is 298. The minimum atomic E-state index is -1.12. The normalized spacial score (nSPS) is 12.4. The summed E-state index contributed by atoms with van der Waals surface area (Å²) in [5.74, 6) is 1.20. The highest BCUT2D eigenvalue weighted by molar-refractivity contribution is 5.79. The first-order chi connectivity index (χ1) is 7.26. The Morgan fingerprint density at radius 3 is 2.44 bits per heavy atom. The molecule has 0 saturated carbocycles. The molecule has 2 N–H and O–H groups in total. The van der Waals surface area contributed by atoms with Crippen LogP contribution in [0.2, 0.25) is 0 Å². The van der Waals surface area contributed by atoms with E-state index in [0.717, 1.165) is 0 Å². The smallest absolute Gasteiger partial charge is 0.408 e. The minimum Gasteiger partial charge on any atom is -0.480 e. The Balaban J connectivity index is 4.25. The van der Waals surface area contributed by atoms with Crippen molar-refractivity contribution in [2.45, 2.75) is 45.3 Å². The van der Waals surface area contributed by atoms with Crippen molar-refractivity contribution in [1.29, 1.82) is 0 Å². The summed E-state index contributed by atoms with van der Waals surface area (Å²) in [4.78, 5) is 22.1. The van der Waals surface area contributed by atoms with Gasteiger partial charge in [0.1, 0.15) is 11.6 Å². The van der Waals surface area contributed by atoms with E-state index in [0.29, 0.717) is 0 Å². The van der Waals surface area contributed by atoms with Gasteiger partial charge in [0, 0.05) is 6.42 Å². The zero-order valence-electron chi connectivity index (χ0n) is 9.74. The molecule has 0 saturated heterocycles. The summed E-state index contributed by atoms with van der Waals surface area (Å²) in [6, 6.07) is -1.01. The van der Waals surface area contributed by atoms with Crippen LogP contribution in [0.1, 0.15) is 33.6 Å². The number of nitrogens with one attached hydrogen (secondary N) is 1. The number of hydrogen-bond acceptors (Lipinski definition) is 3. The van der Waals surface area contributed by atoms with Crippen LogP contribution >= 0.6 is 0 Å². The lowest BCUT2D eigenvalue weighted by Crippen LogP contribution is -2.43. The van der Waals surface area contributed by atoms with Gasteiger partial charge in [-0.2, -0.15) is 0 Å². The number of aliphatic carboxylic acids is 1. The van der Waals surface area contributed by atoms with E-state index >= 15 is 0 Å². The number of carboxylic acids is 1. The number of carboxylic acid groups (broad SMARTS) is 1. The molecule has 0 bridgehead atoms. The average molecular weight is 227 g/mol. The predicted molar refractivity (Wildman–Crippen MR) is 58.9 cm³/mol. The molecule has 0 radical (unpaired) electrons. The maximum Gasteiger partial charge on any atom is 0.408 e. The van der Waals surface area contributed by atoms with E-state index in [9.17, 15) is 9.59 Å². The molecule has 0 aliphatic heterocycles. The van der Waals surface area contributed by atoms with Crippen LogP contribution in [0.15, 0.2) is 0 Å². The van der Waals surface area contributed by atoms with Crippen LogP contribution < -0.4 is 5.32 Å². The first-order valence-corrected chi connectivity index (χ1v) is 4.92. The maximum atomic E-state index is 11.3. The average Bonchev–Trinajstić information content (AvgIpc) is 2.08. The lowest BCUT2D eigenvalue weighted by Gasteiger charge is -2.21. The Labute approximate surface area is 95.2 Å². The molecule has 0 unspecified atom stereocenters. The molecule has 0 aromatic heterocycles. The van der Waals surface area contributed by atoms with Crippen molar-refractivity contribution in [3.05, 3.63) is 0 Å². The van der Waals surface area contributed by atoms with Gasteiger partial charge in [-0.25, -0.2) is 9.59 Å². The monoisotopic (exact) mass is 227 g/mol. The van der Waals surface area contributed by atoms with Gasteiger partial charge in [0.05, 0.1) is 0 Å². The summed E-state index contributed by atoms with van der Waals surface area (Å²) in [7, 11) is 0. The van der Waals surface area contributed by atoms with Crippen molar-refractivity contribution in [3.63, 3.8) is 0 Å². The van der Waals surface area contributed by atoms with Gasteiger partial charge in [0.25, 0.3) is 0 Å². The fourth-order valence-corrected chi connectivity index (χ4v) is 0.935. The molecule has 0 heterocycles. The molecule has 0 aliphatic rings. The van der Waals surface area contributed by atoms with Crippen molar-refractivity contribution in [1.82, 2.24) is 5.32 Å². The second-order valence-corrected chi connectivity index (χ2v) is 4.28. The van der Waals surface area contributed by atoms with E-state index in [2.05, 4.69) is 11.2 Å². The summed E-state index contributed by atoms with van der Waals surface area (Å²) in [5.41, 5.74) is -0.654. The molecule has 0 fully saturated rings. The van der Waals surface area contributed by atoms with Crippen LogP contribution in [0.5, 0.6) is 0 Å². The largest absolute Gasteiger partial charge is 0.480 e. The number of rotatable bonds is 4. The number of alkyl carbamates (subject to hydrolysis) is 1. The highest BCUT2D eigenvalue weighted by atomic mass is 16.6. The van der Waals surface area contributed by atoms with E-state index in [-0.39, 0.29) is 12.8 Å². The van der Waals surface area contributed by atoms with Crippen molar-refractivity contribution in [2.75, 3.05) is 0 Å². The van der Waals surface area contributed by atoms with Crippen LogP contribution in [0, 0.1) is 12.3 Å². The fourth-order valence-electron chi connectivity index (χ4n) is 0.935. The Hall–Kier alpha value is -1.70. The van der Waals surface area contributed by atoms with Crippen molar-refractivity contribution >= 4 is 12.1 Å². The zero-order valence-corrected chi connectivity index (χ0v) is 9.74. The van der Waals surface area contributed by atoms with Gasteiger partial charge in [0.15, 0.2) is 0 Å². The third-order valence-electron chi connectivity index (χ3n) is 1.57. The highest BCUT2D eigenvalue weighted by Gasteiger charge is 2.23. The molecular weight excluding hydrogens is 210 g/mol. The van der Waals surface area contributed by atoms with Gasteiger partial charge in [-0.15, -0.1) is 12.3 Å². The lowest BCUT2D eigenvalue weighted by atomic mass is 10.1. The first-order valence-electron chi connectivity index (χ1n) is 4.92. The number of carbonyl (C=O) groups excluding carboxylic acids is 1. The summed E-state index contributed by atoms with van der Waals surface area (Å²) >= 11 is 0. The summed E-state index contributed by atoms with van der Waals surface area (Å²) in [6.45, 7) is 5.09. The molecule has 90 valence electrons. The minimum absolute atomic E-state index is 0.186. The molecule has 5 nitrogen and oxygen atoms in total. The lowest BCUT2D eigenvalue weighted by molar-refractivity contribution is -0.139. The predicted octanol–water partition coefficient (Wildman–Crippen LogP) is 1.38. The summed E-state index contributed by atoms with van der Waals surface area (Å²) in [6.07, 6.45) is 4.74. The molecule has 0 spiro atoms. The van der Waals surface area contributed by atoms with Crippen molar-refractivity contribution < 1.29 is 19.4 Å². The molecule has 0 rings (SSSR count). The van der Waals surface area contributed by atoms with Gasteiger partial charge in [-0.1, -0.05) is 0 Å². The molecular formula is C11H17NO4. The number of amides is 1. The van der Waals surface area contributed by atoms with Gasteiger partial charge in [-0.05, 0) is 27.2 Å². The number of ether oxygens (including phenoxy) is 1. The summed E-state index contributed by atoms with van der Waals surface area (Å²) in [5, 5.41) is 11.1. The van der Waals surface area contributed by atoms with Gasteiger partial charge in [-0.3, -0.25) is 0 Å². The molecule has 5 heteroatoms. The molecule has 1 atom stereocenters. The van der Waals surface area contributed by atoms with Gasteiger partial charge >= 0.3 is 12.1 Å². The fraction of sp³-hybridized carbons (Fsp3) is 0.636. The zero-order chi connectivity index (χ0) is 12.8. The van der Waals surface area contributed by atoms with Crippen LogP contribution in [0.4, 0.5) is 4.79 Å². The Morgan fingerprint density at radius 1 is 1.50 bits per heavy atom. The molecule has 0 aromatic carbocycles. The van der Waals surface area contributed by atoms with Crippen molar-refractivity contribution in [3.8, 4) is 12.3 Å². The molecule has 1 amide bonds. The third kappa shape index (κ3) is 6.71. The van der Waals surface area contributed by atoms with E-state index in [1.165, 1.54) is 0 Å². The SMILES string of the molecule is C#CCC[C@H](NC(=O)OC(C)(C)C)C(=O)O. The number of carbonyl (C=O) groups is 2. The first kappa shape index (κ1) is 14.3. The molecule has 0 aliphatic carbocycles. The van der Waals surface area contributed by atoms with E-state index < -0.39 is 23.7 Å². The number of terminal acetylenes is 1. The topological polar surface area (TPSA) is 75.6 Å². The third-order valence-corrected chi connectivity index (χ3v) is 1.57. The Morgan fingerprint density at radius 2 is 2.06 bits per heavy atom. The maximum absolute atomic E-state index is 11.3. The van der Waals surface area contributed by atoms with E-state index in [1.807, 2.05) is 0 Å². The van der Waals surface area contributed by atoms with E-state index in [1.54, 1.807) is 20.8 Å².